The molecule has 1 aliphatic heterocycles. The number of allylic oxidation sites excluding steroid dienone is 1. The van der Waals surface area contributed by atoms with Gasteiger partial charge in [0.05, 0.1) is 17.1 Å². The number of anilines is 1. The summed E-state index contributed by atoms with van der Waals surface area (Å²) in [7, 11) is 0. The lowest BCUT2D eigenvalue weighted by atomic mass is 10.00. The van der Waals surface area contributed by atoms with Crippen LogP contribution in [-0.4, -0.2) is 9.55 Å². The fraction of sp³-hybridized carbons (Fsp3) is 0.0870. The van der Waals surface area contributed by atoms with Crippen LogP contribution in [0.4, 0.5) is 10.3 Å². The van der Waals surface area contributed by atoms with Crippen molar-refractivity contribution in [1.29, 1.82) is 0 Å². The minimum absolute atomic E-state index is 0.238. The summed E-state index contributed by atoms with van der Waals surface area (Å²) in [5.41, 5.74) is 5.61. The second-order valence-electron chi connectivity index (χ2n) is 6.98. The van der Waals surface area contributed by atoms with Crippen LogP contribution in [0.3, 0.4) is 0 Å². The molecular weight excluding hydrogens is 417 g/mol. The largest absolute Gasteiger partial charge is 0.325 e. The lowest BCUT2D eigenvalue weighted by Crippen LogP contribution is -2.20. The number of fused-ring (bicyclic) bond motifs is 3. The number of benzene rings is 3. The third kappa shape index (κ3) is 2.83. The molecule has 4 aromatic rings. The van der Waals surface area contributed by atoms with E-state index in [9.17, 15) is 4.39 Å². The van der Waals surface area contributed by atoms with Gasteiger partial charge in [-0.3, -0.25) is 4.57 Å². The third-order valence-corrected chi connectivity index (χ3v) is 5.58. The van der Waals surface area contributed by atoms with Gasteiger partial charge in [-0.15, -0.1) is 0 Å². The number of nitrogens with one attached hydrogen (secondary N) is 1. The fourth-order valence-electron chi connectivity index (χ4n) is 3.68. The zero-order valence-corrected chi connectivity index (χ0v) is 16.7. The number of rotatable bonds is 2. The van der Waals surface area contributed by atoms with Crippen molar-refractivity contribution in [2.24, 2.45) is 0 Å². The average Bonchev–Trinajstić information content (AvgIpc) is 3.08. The van der Waals surface area contributed by atoms with Crippen LogP contribution in [0.2, 0.25) is 0 Å². The second-order valence-corrected chi connectivity index (χ2v) is 7.89. The van der Waals surface area contributed by atoms with Gasteiger partial charge >= 0.3 is 0 Å². The number of halogens is 2. The van der Waals surface area contributed by atoms with Gasteiger partial charge in [-0.05, 0) is 48.9 Å². The summed E-state index contributed by atoms with van der Waals surface area (Å²) in [6.07, 6.45) is 2.07. The second kappa shape index (κ2) is 6.60. The number of aromatic nitrogens is 2. The van der Waals surface area contributed by atoms with Crippen molar-refractivity contribution in [2.75, 3.05) is 5.32 Å². The minimum Gasteiger partial charge on any atom is -0.325 e. The molecule has 5 heteroatoms. The predicted molar refractivity (Wildman–Crippen MR) is 115 cm³/mol. The van der Waals surface area contributed by atoms with Crippen LogP contribution in [0, 0.1) is 12.7 Å². The molecule has 3 nitrogen and oxygen atoms in total. The van der Waals surface area contributed by atoms with Crippen LogP contribution in [0.25, 0.3) is 16.7 Å². The smallest absolute Gasteiger partial charge is 0.209 e. The predicted octanol–water partition coefficient (Wildman–Crippen LogP) is 6.30. The highest BCUT2D eigenvalue weighted by Gasteiger charge is 2.27. The van der Waals surface area contributed by atoms with Crippen molar-refractivity contribution in [3.05, 3.63) is 99.8 Å². The molecule has 0 spiro atoms. The Morgan fingerprint density at radius 3 is 2.64 bits per heavy atom. The first-order valence-electron chi connectivity index (χ1n) is 9.08. The van der Waals surface area contributed by atoms with Crippen LogP contribution in [0.15, 0.2) is 77.3 Å². The highest BCUT2D eigenvalue weighted by Crippen LogP contribution is 2.38. The van der Waals surface area contributed by atoms with Gasteiger partial charge in [0.25, 0.3) is 0 Å². The summed E-state index contributed by atoms with van der Waals surface area (Å²) in [6, 6.07) is 21.0. The maximum absolute atomic E-state index is 14.8. The number of nitrogens with zero attached hydrogens (tertiary/aromatic N) is 2. The van der Waals surface area contributed by atoms with Gasteiger partial charge in [0.2, 0.25) is 5.95 Å². The van der Waals surface area contributed by atoms with E-state index in [4.69, 9.17) is 4.98 Å². The Morgan fingerprint density at radius 1 is 1.04 bits per heavy atom. The quantitative estimate of drug-likeness (QED) is 0.401. The van der Waals surface area contributed by atoms with Crippen molar-refractivity contribution in [3.8, 4) is 0 Å². The van der Waals surface area contributed by atoms with Gasteiger partial charge in [0, 0.05) is 15.7 Å². The molecule has 0 fully saturated rings. The highest BCUT2D eigenvalue weighted by molar-refractivity contribution is 9.10. The Hall–Kier alpha value is -2.92. The molecule has 2 heterocycles. The molecule has 1 aromatic heterocycles. The molecule has 138 valence electrons. The molecular formula is C23H17BrFN3. The lowest BCUT2D eigenvalue weighted by molar-refractivity contribution is 0.583. The Balaban J connectivity index is 1.75. The standard InChI is InChI=1S/C23H17BrFN3/c1-14-6-8-15(9-7-14)20-13-22(17-12-16(24)10-11-18(17)25)28-21-5-3-2-4-19(21)26-23(28)27-20/h2-13,22H,1H3,(H,26,27)/t22-/m1/s1. The van der Waals surface area contributed by atoms with Crippen LogP contribution in [0.5, 0.6) is 0 Å². The molecule has 5 rings (SSSR count). The zero-order valence-electron chi connectivity index (χ0n) is 15.2. The Bertz CT molecular complexity index is 1220. The molecule has 0 radical (unpaired) electrons. The summed E-state index contributed by atoms with van der Waals surface area (Å²) >= 11 is 3.48. The van der Waals surface area contributed by atoms with Gasteiger partial charge in [0.15, 0.2) is 0 Å². The van der Waals surface area contributed by atoms with Gasteiger partial charge < -0.3 is 5.32 Å². The third-order valence-electron chi connectivity index (χ3n) is 5.08. The fourth-order valence-corrected chi connectivity index (χ4v) is 4.06. The highest BCUT2D eigenvalue weighted by atomic mass is 79.9. The summed E-state index contributed by atoms with van der Waals surface area (Å²) in [5, 5.41) is 3.43. The van der Waals surface area contributed by atoms with Crippen LogP contribution < -0.4 is 5.32 Å². The molecule has 0 unspecified atom stereocenters. The van der Waals surface area contributed by atoms with E-state index in [-0.39, 0.29) is 11.9 Å². The monoisotopic (exact) mass is 433 g/mol. The summed E-state index contributed by atoms with van der Waals surface area (Å²) < 4.78 is 17.7. The van der Waals surface area contributed by atoms with Crippen molar-refractivity contribution in [2.45, 2.75) is 13.0 Å². The molecule has 0 amide bonds. The number of hydrogen-bond donors (Lipinski definition) is 1. The van der Waals surface area contributed by atoms with E-state index in [0.29, 0.717) is 11.5 Å². The van der Waals surface area contributed by atoms with Crippen molar-refractivity contribution in [1.82, 2.24) is 9.55 Å². The Morgan fingerprint density at radius 2 is 1.82 bits per heavy atom. The molecule has 1 aliphatic rings. The van der Waals surface area contributed by atoms with E-state index in [2.05, 4.69) is 63.1 Å². The molecule has 3 aromatic carbocycles. The van der Waals surface area contributed by atoms with E-state index >= 15 is 0 Å². The Kier molecular flexibility index (Phi) is 4.05. The molecule has 0 saturated heterocycles. The molecule has 28 heavy (non-hydrogen) atoms. The number of para-hydroxylation sites is 2. The van der Waals surface area contributed by atoms with Gasteiger partial charge in [0.1, 0.15) is 5.82 Å². The van der Waals surface area contributed by atoms with Gasteiger partial charge in [-0.25, -0.2) is 9.37 Å². The normalized spacial score (nSPS) is 15.8. The summed E-state index contributed by atoms with van der Waals surface area (Å²) in [5.74, 6) is 0.474. The van der Waals surface area contributed by atoms with E-state index in [1.54, 1.807) is 6.07 Å². The van der Waals surface area contributed by atoms with Gasteiger partial charge in [-0.1, -0.05) is 57.9 Å². The van der Waals surface area contributed by atoms with Crippen LogP contribution in [-0.2, 0) is 0 Å². The zero-order chi connectivity index (χ0) is 19.3. The van der Waals surface area contributed by atoms with E-state index in [1.807, 2.05) is 30.3 Å². The van der Waals surface area contributed by atoms with Crippen molar-refractivity contribution >= 4 is 38.6 Å². The van der Waals surface area contributed by atoms with Gasteiger partial charge in [-0.2, -0.15) is 0 Å². The van der Waals surface area contributed by atoms with Crippen LogP contribution in [0.1, 0.15) is 22.7 Å². The molecule has 0 saturated carbocycles. The number of aryl methyl sites for hydroxylation is 1. The summed E-state index contributed by atoms with van der Waals surface area (Å²) in [4.78, 5) is 4.75. The molecule has 1 N–H and O–H groups in total. The summed E-state index contributed by atoms with van der Waals surface area (Å²) in [6.45, 7) is 2.06. The first kappa shape index (κ1) is 17.2. The SMILES string of the molecule is Cc1ccc(C2=C[C@H](c3cc(Br)ccc3F)n3c(nc4ccccc43)N2)cc1. The maximum Gasteiger partial charge on any atom is 0.209 e. The van der Waals surface area contributed by atoms with E-state index in [0.717, 1.165) is 26.8 Å². The maximum atomic E-state index is 14.8. The number of hydrogen-bond acceptors (Lipinski definition) is 2. The average molecular weight is 434 g/mol. The van der Waals surface area contributed by atoms with Crippen molar-refractivity contribution in [3.63, 3.8) is 0 Å². The number of imidazole rings is 1. The first-order valence-corrected chi connectivity index (χ1v) is 9.87. The van der Waals surface area contributed by atoms with Crippen LogP contribution >= 0.6 is 15.9 Å². The van der Waals surface area contributed by atoms with E-state index in [1.165, 1.54) is 11.6 Å². The molecule has 0 aliphatic carbocycles. The minimum atomic E-state index is -0.308. The van der Waals surface area contributed by atoms with Crippen molar-refractivity contribution < 1.29 is 4.39 Å². The lowest BCUT2D eigenvalue weighted by Gasteiger charge is -2.27. The topological polar surface area (TPSA) is 29.9 Å². The molecule has 1 atom stereocenters. The molecule has 0 bridgehead atoms. The first-order chi connectivity index (χ1) is 13.6. The van der Waals surface area contributed by atoms with E-state index < -0.39 is 0 Å². The Labute approximate surface area is 170 Å².